The summed E-state index contributed by atoms with van der Waals surface area (Å²) in [6, 6.07) is 27.4. The van der Waals surface area contributed by atoms with Gasteiger partial charge in [-0.2, -0.15) is 0 Å². The smallest absolute Gasteiger partial charge is 0.259 e. The quantitative estimate of drug-likeness (QED) is 0.261. The van der Waals surface area contributed by atoms with Crippen molar-refractivity contribution in [2.75, 3.05) is 11.4 Å². The molecule has 204 valence electrons. The molecule has 5 rings (SSSR count). The van der Waals surface area contributed by atoms with E-state index in [9.17, 15) is 14.4 Å². The molecule has 0 fully saturated rings. The second-order valence-electron chi connectivity index (χ2n) is 10.2. The Bertz CT molecular complexity index is 1550. The van der Waals surface area contributed by atoms with Crippen molar-refractivity contribution in [3.63, 3.8) is 0 Å². The molecule has 6 nitrogen and oxygen atoms in total. The molecular formula is C33H32ClN3O3. The minimum Gasteiger partial charge on any atom is -0.352 e. The number of nitrogens with one attached hydrogen (secondary N) is 1. The van der Waals surface area contributed by atoms with Gasteiger partial charge in [0.05, 0.1) is 5.69 Å². The van der Waals surface area contributed by atoms with Crippen LogP contribution in [0.5, 0.6) is 0 Å². The van der Waals surface area contributed by atoms with Crippen molar-refractivity contribution in [1.29, 1.82) is 0 Å². The van der Waals surface area contributed by atoms with E-state index in [1.165, 1.54) is 4.90 Å². The van der Waals surface area contributed by atoms with Crippen LogP contribution in [-0.2, 0) is 22.6 Å². The summed E-state index contributed by atoms with van der Waals surface area (Å²) in [6.45, 7) is 3.88. The molecule has 4 aromatic rings. The van der Waals surface area contributed by atoms with Gasteiger partial charge in [-0.1, -0.05) is 91.3 Å². The zero-order chi connectivity index (χ0) is 28.2. The Hall–Kier alpha value is -4.16. The third-order valence-corrected chi connectivity index (χ3v) is 7.88. The van der Waals surface area contributed by atoms with Crippen LogP contribution in [-0.4, -0.2) is 41.2 Å². The fourth-order valence-electron chi connectivity index (χ4n) is 5.17. The zero-order valence-electron chi connectivity index (χ0n) is 22.6. The van der Waals surface area contributed by atoms with Crippen LogP contribution in [0.3, 0.4) is 0 Å². The summed E-state index contributed by atoms with van der Waals surface area (Å²) < 4.78 is 0. The highest BCUT2D eigenvalue weighted by Gasteiger charge is 2.36. The van der Waals surface area contributed by atoms with Crippen molar-refractivity contribution in [3.05, 3.63) is 113 Å². The second kappa shape index (κ2) is 11.9. The maximum atomic E-state index is 14.2. The van der Waals surface area contributed by atoms with E-state index in [-0.39, 0.29) is 36.9 Å². The maximum absolute atomic E-state index is 14.2. The lowest BCUT2D eigenvalue weighted by atomic mass is 10.0. The Morgan fingerprint density at radius 3 is 2.35 bits per heavy atom. The molecule has 0 spiro atoms. The number of rotatable bonds is 10. The number of anilines is 1. The van der Waals surface area contributed by atoms with Gasteiger partial charge in [0.1, 0.15) is 12.6 Å². The van der Waals surface area contributed by atoms with Crippen molar-refractivity contribution in [1.82, 2.24) is 10.2 Å². The molecule has 0 saturated heterocycles. The molecule has 4 aromatic carbocycles. The van der Waals surface area contributed by atoms with Crippen LogP contribution >= 0.6 is 11.6 Å². The number of carbonyl (C=O) groups is 3. The minimum absolute atomic E-state index is 0.0599. The monoisotopic (exact) mass is 553 g/mol. The van der Waals surface area contributed by atoms with Gasteiger partial charge in [-0.15, -0.1) is 0 Å². The average molecular weight is 554 g/mol. The first-order valence-electron chi connectivity index (χ1n) is 13.6. The van der Waals surface area contributed by atoms with E-state index in [4.69, 9.17) is 11.6 Å². The molecule has 7 heteroatoms. The summed E-state index contributed by atoms with van der Waals surface area (Å²) in [7, 11) is 0. The van der Waals surface area contributed by atoms with Gasteiger partial charge < -0.3 is 10.2 Å². The van der Waals surface area contributed by atoms with Crippen LogP contribution < -0.4 is 10.2 Å². The summed E-state index contributed by atoms with van der Waals surface area (Å²) in [6.07, 6.45) is 1.08. The number of amides is 3. The molecular weight excluding hydrogens is 522 g/mol. The maximum Gasteiger partial charge on any atom is 0.259 e. The Morgan fingerprint density at radius 2 is 1.62 bits per heavy atom. The SMILES string of the molecule is CC[C@@H](C)NC(=O)[C@H](Cc1ccccc1)N(Cc1ccccc1Cl)C(=O)CN1C(=O)c2cccc3cccc1c23. The molecule has 3 amide bonds. The first-order chi connectivity index (χ1) is 19.4. The van der Waals surface area contributed by atoms with Gasteiger partial charge in [0, 0.05) is 35.0 Å². The average Bonchev–Trinajstić information content (AvgIpc) is 3.24. The van der Waals surface area contributed by atoms with Crippen molar-refractivity contribution < 1.29 is 14.4 Å². The third kappa shape index (κ3) is 5.58. The van der Waals surface area contributed by atoms with Gasteiger partial charge in [0.25, 0.3) is 5.91 Å². The molecule has 0 saturated carbocycles. The standard InChI is InChI=1S/C33H32ClN3O3/c1-3-22(2)35-32(39)29(19-23-11-5-4-6-12-23)36(20-25-13-7-8-17-27(25)34)30(38)21-37-28-18-10-15-24-14-9-16-26(31(24)28)33(37)40/h4-18,22,29H,3,19-21H2,1-2H3,(H,35,39)/t22-,29+/m1/s1. The van der Waals surface area contributed by atoms with E-state index in [0.717, 1.165) is 28.3 Å². The van der Waals surface area contributed by atoms with Crippen molar-refractivity contribution in [2.24, 2.45) is 0 Å². The number of nitrogens with zero attached hydrogens (tertiary/aromatic N) is 2. The van der Waals surface area contributed by atoms with Crippen LogP contribution in [0.25, 0.3) is 10.8 Å². The predicted octanol–water partition coefficient (Wildman–Crippen LogP) is 6.01. The number of hydrogen-bond donors (Lipinski definition) is 1. The fraction of sp³-hybridized carbons (Fsp3) is 0.242. The van der Waals surface area contributed by atoms with Crippen molar-refractivity contribution in [2.45, 2.75) is 45.3 Å². The van der Waals surface area contributed by atoms with Crippen molar-refractivity contribution >= 4 is 45.8 Å². The van der Waals surface area contributed by atoms with E-state index in [0.29, 0.717) is 22.7 Å². The lowest BCUT2D eigenvalue weighted by molar-refractivity contribution is -0.140. The lowest BCUT2D eigenvalue weighted by Gasteiger charge is -2.33. The molecule has 1 N–H and O–H groups in total. The highest BCUT2D eigenvalue weighted by atomic mass is 35.5. The molecule has 0 bridgehead atoms. The van der Waals surface area contributed by atoms with Gasteiger partial charge in [-0.05, 0) is 48.1 Å². The third-order valence-electron chi connectivity index (χ3n) is 7.51. The molecule has 0 aliphatic carbocycles. The lowest BCUT2D eigenvalue weighted by Crippen LogP contribution is -2.54. The van der Waals surface area contributed by atoms with Crippen LogP contribution in [0, 0.1) is 0 Å². The first-order valence-corrected chi connectivity index (χ1v) is 14.0. The Labute approximate surface area is 239 Å². The van der Waals surface area contributed by atoms with Crippen LogP contribution in [0.2, 0.25) is 5.02 Å². The summed E-state index contributed by atoms with van der Waals surface area (Å²) in [4.78, 5) is 44.6. The van der Waals surface area contributed by atoms with Gasteiger partial charge >= 0.3 is 0 Å². The predicted molar refractivity (Wildman–Crippen MR) is 159 cm³/mol. The fourth-order valence-corrected chi connectivity index (χ4v) is 5.36. The Balaban J connectivity index is 1.52. The van der Waals surface area contributed by atoms with E-state index in [2.05, 4.69) is 5.32 Å². The van der Waals surface area contributed by atoms with E-state index in [1.54, 1.807) is 17.0 Å². The molecule has 2 atom stereocenters. The number of carbonyl (C=O) groups excluding carboxylic acids is 3. The summed E-state index contributed by atoms with van der Waals surface area (Å²) in [5, 5.41) is 5.37. The summed E-state index contributed by atoms with van der Waals surface area (Å²) in [5.41, 5.74) is 2.94. The van der Waals surface area contributed by atoms with Gasteiger partial charge in [0.2, 0.25) is 11.8 Å². The van der Waals surface area contributed by atoms with Crippen LogP contribution in [0.15, 0.2) is 91.0 Å². The van der Waals surface area contributed by atoms with Gasteiger partial charge in [-0.3, -0.25) is 19.3 Å². The minimum atomic E-state index is -0.809. The molecule has 40 heavy (non-hydrogen) atoms. The summed E-state index contributed by atoms with van der Waals surface area (Å²) in [5.74, 6) is -0.795. The van der Waals surface area contributed by atoms with E-state index >= 15 is 0 Å². The number of benzene rings is 4. The molecule has 1 aliphatic heterocycles. The normalized spacial score (nSPS) is 13.8. The molecule has 0 unspecified atom stereocenters. The first kappa shape index (κ1) is 27.4. The van der Waals surface area contributed by atoms with Crippen molar-refractivity contribution in [3.8, 4) is 0 Å². The van der Waals surface area contributed by atoms with Crippen LogP contribution in [0.4, 0.5) is 5.69 Å². The highest BCUT2D eigenvalue weighted by molar-refractivity contribution is 6.31. The molecule has 0 aromatic heterocycles. The molecule has 0 radical (unpaired) electrons. The zero-order valence-corrected chi connectivity index (χ0v) is 23.4. The van der Waals surface area contributed by atoms with Crippen LogP contribution in [0.1, 0.15) is 41.8 Å². The van der Waals surface area contributed by atoms with E-state index < -0.39 is 6.04 Å². The molecule has 1 aliphatic rings. The topological polar surface area (TPSA) is 69.7 Å². The summed E-state index contributed by atoms with van der Waals surface area (Å²) >= 11 is 6.53. The van der Waals surface area contributed by atoms with Gasteiger partial charge in [-0.25, -0.2) is 0 Å². The highest BCUT2D eigenvalue weighted by Crippen LogP contribution is 2.37. The van der Waals surface area contributed by atoms with E-state index in [1.807, 2.05) is 92.7 Å². The second-order valence-corrected chi connectivity index (χ2v) is 10.6. The Morgan fingerprint density at radius 1 is 0.925 bits per heavy atom. The Kier molecular flexibility index (Phi) is 8.17. The number of hydrogen-bond acceptors (Lipinski definition) is 3. The largest absolute Gasteiger partial charge is 0.352 e. The van der Waals surface area contributed by atoms with Gasteiger partial charge in [0.15, 0.2) is 0 Å². The number of halogens is 1. The molecule has 1 heterocycles.